The highest BCUT2D eigenvalue weighted by molar-refractivity contribution is 5.97. The molecule has 0 unspecified atom stereocenters. The molecule has 1 N–H and O–H groups in total. The second kappa shape index (κ2) is 5.14. The van der Waals surface area contributed by atoms with Crippen molar-refractivity contribution < 1.29 is 14.6 Å². The summed E-state index contributed by atoms with van der Waals surface area (Å²) in [6.45, 7) is 4.02. The van der Waals surface area contributed by atoms with Crippen molar-refractivity contribution in [3.8, 4) is 16.9 Å². The summed E-state index contributed by atoms with van der Waals surface area (Å²) in [4.78, 5) is 11.4. The molecule has 0 bridgehead atoms. The summed E-state index contributed by atoms with van der Waals surface area (Å²) in [6.07, 6.45) is 0. The molecule has 0 aliphatic carbocycles. The molecule has 98 valence electrons. The highest BCUT2D eigenvalue weighted by atomic mass is 16.5. The first-order valence-corrected chi connectivity index (χ1v) is 6.02. The summed E-state index contributed by atoms with van der Waals surface area (Å²) in [5.41, 5.74) is 4.16. The molecule has 0 spiro atoms. The average Bonchev–Trinajstić information content (AvgIpc) is 2.41. The lowest BCUT2D eigenvalue weighted by Gasteiger charge is -2.12. The van der Waals surface area contributed by atoms with Gasteiger partial charge in [-0.15, -0.1) is 0 Å². The number of methoxy groups -OCH3 is 1. The van der Waals surface area contributed by atoms with E-state index in [1.54, 1.807) is 18.2 Å². The number of hydrogen-bond donors (Lipinski definition) is 1. The third-order valence-electron chi connectivity index (χ3n) is 3.35. The second-order valence-corrected chi connectivity index (χ2v) is 4.46. The molecule has 0 amide bonds. The van der Waals surface area contributed by atoms with Gasteiger partial charge in [0.15, 0.2) is 0 Å². The number of aromatic carboxylic acids is 1. The van der Waals surface area contributed by atoms with Crippen LogP contribution in [-0.4, -0.2) is 18.2 Å². The van der Waals surface area contributed by atoms with E-state index in [1.807, 2.05) is 32.0 Å². The first-order valence-electron chi connectivity index (χ1n) is 6.02. The minimum atomic E-state index is -0.949. The highest BCUT2D eigenvalue weighted by Gasteiger charge is 2.15. The monoisotopic (exact) mass is 256 g/mol. The van der Waals surface area contributed by atoms with Gasteiger partial charge in [0.2, 0.25) is 0 Å². The van der Waals surface area contributed by atoms with Crippen LogP contribution in [0.25, 0.3) is 11.1 Å². The van der Waals surface area contributed by atoms with Crippen LogP contribution in [-0.2, 0) is 0 Å². The van der Waals surface area contributed by atoms with Gasteiger partial charge in [-0.05, 0) is 54.3 Å². The fourth-order valence-electron chi connectivity index (χ4n) is 2.11. The number of aryl methyl sites for hydroxylation is 1. The van der Waals surface area contributed by atoms with Crippen LogP contribution in [0.5, 0.6) is 5.75 Å². The predicted molar refractivity (Wildman–Crippen MR) is 74.9 cm³/mol. The van der Waals surface area contributed by atoms with Crippen LogP contribution in [0, 0.1) is 13.8 Å². The van der Waals surface area contributed by atoms with E-state index in [1.165, 1.54) is 7.11 Å². The van der Waals surface area contributed by atoms with Crippen molar-refractivity contribution in [1.82, 2.24) is 0 Å². The van der Waals surface area contributed by atoms with E-state index in [4.69, 9.17) is 4.74 Å². The Bertz CT molecular complexity index is 630. The van der Waals surface area contributed by atoms with Gasteiger partial charge >= 0.3 is 5.97 Å². The van der Waals surface area contributed by atoms with Gasteiger partial charge in [-0.1, -0.05) is 18.2 Å². The quantitative estimate of drug-likeness (QED) is 0.911. The lowest BCUT2D eigenvalue weighted by molar-refractivity contribution is 0.0697. The fraction of sp³-hybridized carbons (Fsp3) is 0.188. The molecule has 2 aromatic rings. The summed E-state index contributed by atoms with van der Waals surface area (Å²) in [6, 6.07) is 11.0. The van der Waals surface area contributed by atoms with E-state index in [0.29, 0.717) is 5.75 Å². The van der Waals surface area contributed by atoms with Crippen molar-refractivity contribution in [2.45, 2.75) is 13.8 Å². The van der Waals surface area contributed by atoms with Crippen molar-refractivity contribution in [3.63, 3.8) is 0 Å². The van der Waals surface area contributed by atoms with E-state index in [2.05, 4.69) is 0 Å². The van der Waals surface area contributed by atoms with Gasteiger partial charge in [0.1, 0.15) is 5.75 Å². The maximum absolute atomic E-state index is 11.4. The van der Waals surface area contributed by atoms with Crippen LogP contribution in [0.1, 0.15) is 21.5 Å². The number of carbonyl (C=O) groups is 1. The SMILES string of the molecule is COc1ccc(-c2cccc(C)c2C)c(C(=O)O)c1. The minimum Gasteiger partial charge on any atom is -0.497 e. The van der Waals surface area contributed by atoms with Gasteiger partial charge in [-0.2, -0.15) is 0 Å². The molecule has 0 aliphatic heterocycles. The Morgan fingerprint density at radius 2 is 1.84 bits per heavy atom. The zero-order chi connectivity index (χ0) is 14.0. The van der Waals surface area contributed by atoms with Crippen LogP contribution in [0.3, 0.4) is 0 Å². The first kappa shape index (κ1) is 13.1. The van der Waals surface area contributed by atoms with Gasteiger partial charge in [0, 0.05) is 0 Å². The normalized spacial score (nSPS) is 10.3. The predicted octanol–water partition coefficient (Wildman–Crippen LogP) is 3.68. The third kappa shape index (κ3) is 2.45. The maximum Gasteiger partial charge on any atom is 0.336 e. The molecule has 3 heteroatoms. The number of carboxylic acid groups (broad SMARTS) is 1. The van der Waals surface area contributed by atoms with Crippen molar-refractivity contribution in [1.29, 1.82) is 0 Å². The summed E-state index contributed by atoms with van der Waals surface area (Å²) in [5, 5.41) is 9.35. The number of carboxylic acids is 1. The molecule has 3 nitrogen and oxygen atoms in total. The third-order valence-corrected chi connectivity index (χ3v) is 3.35. The van der Waals surface area contributed by atoms with Gasteiger partial charge in [0.05, 0.1) is 12.7 Å². The standard InChI is InChI=1S/C16H16O3/c1-10-5-4-6-13(11(10)2)14-8-7-12(19-3)9-15(14)16(17)18/h4-9H,1-3H3,(H,17,18). The van der Waals surface area contributed by atoms with Crippen LogP contribution in [0.4, 0.5) is 0 Å². The highest BCUT2D eigenvalue weighted by Crippen LogP contribution is 2.31. The van der Waals surface area contributed by atoms with Gasteiger partial charge in [-0.3, -0.25) is 0 Å². The van der Waals surface area contributed by atoms with Crippen LogP contribution < -0.4 is 4.74 Å². The average molecular weight is 256 g/mol. The van der Waals surface area contributed by atoms with Crippen LogP contribution in [0.15, 0.2) is 36.4 Å². The summed E-state index contributed by atoms with van der Waals surface area (Å²) < 4.78 is 5.09. The summed E-state index contributed by atoms with van der Waals surface area (Å²) >= 11 is 0. The number of ether oxygens (including phenoxy) is 1. The minimum absolute atomic E-state index is 0.257. The van der Waals surface area contributed by atoms with Gasteiger partial charge in [0.25, 0.3) is 0 Å². The Morgan fingerprint density at radius 3 is 2.47 bits per heavy atom. The molecule has 2 rings (SSSR count). The number of rotatable bonds is 3. The molecule has 0 saturated carbocycles. The zero-order valence-electron chi connectivity index (χ0n) is 11.2. The smallest absolute Gasteiger partial charge is 0.336 e. The van der Waals surface area contributed by atoms with Crippen molar-refractivity contribution in [2.75, 3.05) is 7.11 Å². The molecule has 0 aromatic heterocycles. The van der Waals surface area contributed by atoms with Crippen molar-refractivity contribution in [2.24, 2.45) is 0 Å². The number of benzene rings is 2. The van der Waals surface area contributed by atoms with E-state index < -0.39 is 5.97 Å². The van der Waals surface area contributed by atoms with Crippen molar-refractivity contribution >= 4 is 5.97 Å². The molecular formula is C16H16O3. The molecule has 19 heavy (non-hydrogen) atoms. The number of hydrogen-bond acceptors (Lipinski definition) is 2. The van der Waals surface area contributed by atoms with Crippen molar-refractivity contribution in [3.05, 3.63) is 53.1 Å². The largest absolute Gasteiger partial charge is 0.497 e. The first-order chi connectivity index (χ1) is 9.04. The Balaban J connectivity index is 2.68. The molecule has 0 heterocycles. The van der Waals surface area contributed by atoms with Gasteiger partial charge < -0.3 is 9.84 Å². The zero-order valence-corrected chi connectivity index (χ0v) is 11.2. The Kier molecular flexibility index (Phi) is 3.56. The van der Waals surface area contributed by atoms with E-state index in [9.17, 15) is 9.90 Å². The van der Waals surface area contributed by atoms with Crippen LogP contribution >= 0.6 is 0 Å². The molecule has 0 radical (unpaired) electrons. The summed E-state index contributed by atoms with van der Waals surface area (Å²) in [7, 11) is 1.53. The van der Waals surface area contributed by atoms with E-state index in [-0.39, 0.29) is 5.56 Å². The molecule has 0 aliphatic rings. The second-order valence-electron chi connectivity index (χ2n) is 4.46. The Labute approximate surface area is 112 Å². The molecule has 0 atom stereocenters. The fourth-order valence-corrected chi connectivity index (χ4v) is 2.11. The lowest BCUT2D eigenvalue weighted by Crippen LogP contribution is -2.01. The lowest BCUT2D eigenvalue weighted by atomic mass is 9.93. The molecule has 0 saturated heterocycles. The van der Waals surface area contributed by atoms with E-state index in [0.717, 1.165) is 22.3 Å². The molecular weight excluding hydrogens is 240 g/mol. The van der Waals surface area contributed by atoms with Gasteiger partial charge in [-0.25, -0.2) is 4.79 Å². The summed E-state index contributed by atoms with van der Waals surface area (Å²) in [5.74, 6) is -0.402. The molecule has 0 fully saturated rings. The molecule has 2 aromatic carbocycles. The van der Waals surface area contributed by atoms with E-state index >= 15 is 0 Å². The Hall–Kier alpha value is -2.29. The maximum atomic E-state index is 11.4. The Morgan fingerprint density at radius 1 is 1.11 bits per heavy atom. The topological polar surface area (TPSA) is 46.5 Å². The van der Waals surface area contributed by atoms with Crippen LogP contribution in [0.2, 0.25) is 0 Å².